The van der Waals surface area contributed by atoms with Crippen molar-refractivity contribution in [3.8, 4) is 0 Å². The van der Waals surface area contributed by atoms with Crippen molar-refractivity contribution in [3.05, 3.63) is 0 Å². The predicted octanol–water partition coefficient (Wildman–Crippen LogP) is -0.352. The smallest absolute Gasteiger partial charge is 0.312 e. The lowest BCUT2D eigenvalue weighted by Gasteiger charge is -2.46. The Kier molecular flexibility index (Phi) is 4.70. The summed E-state index contributed by atoms with van der Waals surface area (Å²) in [5.41, 5.74) is 0. The number of esters is 2. The van der Waals surface area contributed by atoms with Crippen molar-refractivity contribution >= 4 is 11.9 Å². The van der Waals surface area contributed by atoms with Gasteiger partial charge in [-0.3, -0.25) is 14.5 Å². The van der Waals surface area contributed by atoms with Crippen molar-refractivity contribution in [2.75, 3.05) is 21.3 Å². The summed E-state index contributed by atoms with van der Waals surface area (Å²) in [7, 11) is 4.35. The van der Waals surface area contributed by atoms with Gasteiger partial charge < -0.3 is 14.6 Å². The summed E-state index contributed by atoms with van der Waals surface area (Å²) in [5.74, 6) is -2.52. The Bertz CT molecular complexity index is 302. The molecule has 0 aliphatic carbocycles. The average Bonchev–Trinajstić information content (AvgIpc) is 2.35. The molecule has 1 unspecified atom stereocenters. The van der Waals surface area contributed by atoms with Crippen LogP contribution in [-0.2, 0) is 19.1 Å². The highest BCUT2D eigenvalue weighted by molar-refractivity contribution is 5.79. The SMILES string of the molecule is COC(=O)[C@@H]1C(O)[C@H](C(=O)OC)[C@@H](C)N(C)[C@H]1C. The number of piperidine rings is 1. The average molecular weight is 259 g/mol. The maximum absolute atomic E-state index is 11.7. The third-order valence-electron chi connectivity index (χ3n) is 4.01. The molecule has 5 atom stereocenters. The lowest BCUT2D eigenvalue weighted by Crippen LogP contribution is -2.62. The van der Waals surface area contributed by atoms with Crippen LogP contribution in [0, 0.1) is 11.8 Å². The van der Waals surface area contributed by atoms with E-state index in [0.29, 0.717) is 0 Å². The number of hydrogen-bond acceptors (Lipinski definition) is 6. The third-order valence-corrected chi connectivity index (χ3v) is 4.01. The maximum Gasteiger partial charge on any atom is 0.312 e. The Morgan fingerprint density at radius 1 is 1.00 bits per heavy atom. The first-order valence-electron chi connectivity index (χ1n) is 5.92. The van der Waals surface area contributed by atoms with Crippen molar-refractivity contribution in [1.82, 2.24) is 4.90 Å². The van der Waals surface area contributed by atoms with E-state index in [9.17, 15) is 14.7 Å². The van der Waals surface area contributed by atoms with Gasteiger partial charge in [-0.25, -0.2) is 0 Å². The molecule has 0 radical (unpaired) electrons. The molecule has 1 N–H and O–H groups in total. The molecule has 1 fully saturated rings. The lowest BCUT2D eigenvalue weighted by molar-refractivity contribution is -0.173. The van der Waals surface area contributed by atoms with E-state index in [1.165, 1.54) is 14.2 Å². The van der Waals surface area contributed by atoms with Crippen LogP contribution in [0.2, 0.25) is 0 Å². The first-order valence-corrected chi connectivity index (χ1v) is 5.92. The minimum atomic E-state index is -1.09. The van der Waals surface area contributed by atoms with Gasteiger partial charge in [-0.1, -0.05) is 0 Å². The molecule has 0 bridgehead atoms. The van der Waals surface area contributed by atoms with Gasteiger partial charge in [0.1, 0.15) is 0 Å². The van der Waals surface area contributed by atoms with Gasteiger partial charge in [0.15, 0.2) is 0 Å². The molecule has 1 saturated heterocycles. The number of methoxy groups -OCH3 is 2. The van der Waals surface area contributed by atoms with Gasteiger partial charge in [0.05, 0.1) is 32.2 Å². The molecular weight excluding hydrogens is 238 g/mol. The molecule has 1 aliphatic heterocycles. The summed E-state index contributed by atoms with van der Waals surface area (Å²) in [6, 6.07) is -0.410. The van der Waals surface area contributed by atoms with E-state index >= 15 is 0 Å². The van der Waals surface area contributed by atoms with E-state index in [1.807, 2.05) is 25.8 Å². The molecule has 18 heavy (non-hydrogen) atoms. The number of aliphatic hydroxyl groups excluding tert-OH is 1. The number of nitrogens with zero attached hydrogens (tertiary/aromatic N) is 1. The predicted molar refractivity (Wildman–Crippen MR) is 63.7 cm³/mol. The number of hydrogen-bond donors (Lipinski definition) is 1. The quantitative estimate of drug-likeness (QED) is 0.683. The maximum atomic E-state index is 11.7. The van der Waals surface area contributed by atoms with Gasteiger partial charge in [-0.05, 0) is 20.9 Å². The van der Waals surface area contributed by atoms with Crippen LogP contribution in [0.25, 0.3) is 0 Å². The van der Waals surface area contributed by atoms with Crippen molar-refractivity contribution in [3.63, 3.8) is 0 Å². The van der Waals surface area contributed by atoms with E-state index in [4.69, 9.17) is 9.47 Å². The highest BCUT2D eigenvalue weighted by Gasteiger charge is 2.50. The van der Waals surface area contributed by atoms with Crippen LogP contribution in [0.3, 0.4) is 0 Å². The zero-order valence-corrected chi connectivity index (χ0v) is 11.4. The Balaban J connectivity index is 3.07. The summed E-state index contributed by atoms with van der Waals surface area (Å²) >= 11 is 0. The fourth-order valence-electron chi connectivity index (χ4n) is 2.62. The summed E-state index contributed by atoms with van der Waals surface area (Å²) in [6.07, 6.45) is -1.09. The highest BCUT2D eigenvalue weighted by Crippen LogP contribution is 2.33. The van der Waals surface area contributed by atoms with Crippen molar-refractivity contribution in [2.45, 2.75) is 32.0 Å². The Labute approximate surface area is 107 Å². The third kappa shape index (κ3) is 2.35. The lowest BCUT2D eigenvalue weighted by atomic mass is 9.77. The van der Waals surface area contributed by atoms with Gasteiger partial charge in [-0.15, -0.1) is 0 Å². The topological polar surface area (TPSA) is 76.1 Å². The summed E-state index contributed by atoms with van der Waals surface area (Å²) in [6.45, 7) is 3.66. The molecule has 6 heteroatoms. The van der Waals surface area contributed by atoms with Crippen molar-refractivity contribution < 1.29 is 24.2 Å². The second-order valence-electron chi connectivity index (χ2n) is 4.74. The molecule has 1 heterocycles. The van der Waals surface area contributed by atoms with E-state index in [1.54, 1.807) is 0 Å². The van der Waals surface area contributed by atoms with Gasteiger partial charge >= 0.3 is 11.9 Å². The molecule has 1 rings (SSSR count). The second-order valence-corrected chi connectivity index (χ2v) is 4.74. The van der Waals surface area contributed by atoms with E-state index < -0.39 is 29.9 Å². The fraction of sp³-hybridized carbons (Fsp3) is 0.833. The highest BCUT2D eigenvalue weighted by atomic mass is 16.5. The molecule has 1 aliphatic rings. The fourth-order valence-corrected chi connectivity index (χ4v) is 2.62. The molecule has 0 aromatic carbocycles. The van der Waals surface area contributed by atoms with Crippen LogP contribution < -0.4 is 0 Å². The van der Waals surface area contributed by atoms with Gasteiger partial charge in [0.25, 0.3) is 0 Å². The number of aliphatic hydroxyl groups is 1. The first kappa shape index (κ1) is 14.9. The Morgan fingerprint density at radius 2 is 1.33 bits per heavy atom. The number of likely N-dealkylation sites (tertiary alicyclic amines) is 1. The molecule has 0 aromatic rings. The number of rotatable bonds is 2. The minimum absolute atomic E-state index is 0.205. The molecule has 0 aromatic heterocycles. The summed E-state index contributed by atoms with van der Waals surface area (Å²) < 4.78 is 9.40. The van der Waals surface area contributed by atoms with Crippen LogP contribution in [-0.4, -0.2) is 61.4 Å². The molecule has 0 spiro atoms. The standard InChI is InChI=1S/C12H21NO5/c1-6-8(11(15)17-4)10(14)9(12(16)18-5)7(2)13(6)3/h6-10,14H,1-5H3/t6-,7+,8-,9+,10?. The Morgan fingerprint density at radius 3 is 1.61 bits per heavy atom. The van der Waals surface area contributed by atoms with E-state index in [2.05, 4.69) is 0 Å². The number of carbonyl (C=O) groups excluding carboxylic acids is 2. The monoisotopic (exact) mass is 259 g/mol. The van der Waals surface area contributed by atoms with Crippen molar-refractivity contribution in [2.24, 2.45) is 11.8 Å². The largest absolute Gasteiger partial charge is 0.469 e. The molecule has 104 valence electrons. The Hall–Kier alpha value is -1.14. The summed E-state index contributed by atoms with van der Waals surface area (Å²) in [5, 5.41) is 10.3. The van der Waals surface area contributed by atoms with Crippen LogP contribution in [0.15, 0.2) is 0 Å². The van der Waals surface area contributed by atoms with E-state index in [-0.39, 0.29) is 12.1 Å². The zero-order valence-electron chi connectivity index (χ0n) is 11.4. The van der Waals surface area contributed by atoms with Crippen molar-refractivity contribution in [1.29, 1.82) is 0 Å². The van der Waals surface area contributed by atoms with Crippen LogP contribution >= 0.6 is 0 Å². The second kappa shape index (κ2) is 5.67. The van der Waals surface area contributed by atoms with Crippen LogP contribution in [0.4, 0.5) is 0 Å². The molecule has 6 nitrogen and oxygen atoms in total. The van der Waals surface area contributed by atoms with Crippen LogP contribution in [0.5, 0.6) is 0 Å². The van der Waals surface area contributed by atoms with Crippen LogP contribution in [0.1, 0.15) is 13.8 Å². The first-order chi connectivity index (χ1) is 8.36. The normalized spacial score (nSPS) is 37.1. The van der Waals surface area contributed by atoms with Gasteiger partial charge in [-0.2, -0.15) is 0 Å². The molecule has 0 saturated carbocycles. The van der Waals surface area contributed by atoms with E-state index in [0.717, 1.165) is 0 Å². The number of carbonyl (C=O) groups is 2. The van der Waals surface area contributed by atoms with Gasteiger partial charge in [0.2, 0.25) is 0 Å². The summed E-state index contributed by atoms with van der Waals surface area (Å²) in [4.78, 5) is 25.4. The number of ether oxygens (including phenoxy) is 2. The minimum Gasteiger partial charge on any atom is -0.469 e. The van der Waals surface area contributed by atoms with Gasteiger partial charge in [0, 0.05) is 12.1 Å². The molecular formula is C12H21NO5. The zero-order chi connectivity index (χ0) is 14.0. The molecule has 0 amide bonds.